The van der Waals surface area contributed by atoms with Gasteiger partial charge in [-0.2, -0.15) is 4.72 Å². The highest BCUT2D eigenvalue weighted by molar-refractivity contribution is 7.89. The summed E-state index contributed by atoms with van der Waals surface area (Å²) in [6, 6.07) is 21.9. The molecule has 0 fully saturated rings. The summed E-state index contributed by atoms with van der Waals surface area (Å²) in [6.45, 7) is 4.43. The summed E-state index contributed by atoms with van der Waals surface area (Å²) in [5.74, 6) is 0.0518. The van der Waals surface area contributed by atoms with E-state index in [4.69, 9.17) is 0 Å². The molecule has 6 heteroatoms. The van der Waals surface area contributed by atoms with Crippen molar-refractivity contribution in [1.29, 1.82) is 0 Å². The van der Waals surface area contributed by atoms with Crippen LogP contribution < -0.4 is 9.62 Å². The average Bonchev–Trinajstić information content (AvgIpc) is 3.22. The number of amides is 1. The Balaban J connectivity index is 1.67. The predicted molar refractivity (Wildman–Crippen MR) is 123 cm³/mol. The molecule has 1 heterocycles. The Hall–Kier alpha value is -2.96. The van der Waals surface area contributed by atoms with Crippen molar-refractivity contribution in [3.63, 3.8) is 0 Å². The summed E-state index contributed by atoms with van der Waals surface area (Å²) < 4.78 is 29.6. The Labute approximate surface area is 183 Å². The minimum atomic E-state index is -3.78. The molecule has 160 valence electrons. The van der Waals surface area contributed by atoms with E-state index < -0.39 is 16.1 Å². The molecule has 0 aliphatic carbocycles. The first-order valence-corrected chi connectivity index (χ1v) is 11.9. The molecule has 1 N–H and O–H groups in total. The van der Waals surface area contributed by atoms with Gasteiger partial charge in [0.25, 0.3) is 0 Å². The van der Waals surface area contributed by atoms with Gasteiger partial charge in [0.1, 0.15) is 0 Å². The van der Waals surface area contributed by atoms with Crippen molar-refractivity contribution in [3.8, 4) is 0 Å². The molecule has 0 saturated heterocycles. The van der Waals surface area contributed by atoms with E-state index in [0.29, 0.717) is 19.4 Å². The first-order chi connectivity index (χ1) is 14.9. The Bertz CT molecular complexity index is 1190. The van der Waals surface area contributed by atoms with Gasteiger partial charge in [0.2, 0.25) is 15.9 Å². The van der Waals surface area contributed by atoms with Crippen LogP contribution in [-0.4, -0.2) is 20.9 Å². The van der Waals surface area contributed by atoms with Gasteiger partial charge in [0.05, 0.1) is 10.9 Å². The van der Waals surface area contributed by atoms with E-state index in [0.717, 1.165) is 27.9 Å². The minimum absolute atomic E-state index is 0.0518. The van der Waals surface area contributed by atoms with Gasteiger partial charge in [-0.1, -0.05) is 67.1 Å². The highest BCUT2D eigenvalue weighted by Gasteiger charge is 2.27. The van der Waals surface area contributed by atoms with E-state index in [1.807, 2.05) is 68.4 Å². The van der Waals surface area contributed by atoms with Crippen molar-refractivity contribution in [2.24, 2.45) is 0 Å². The normalized spacial score (nSPS) is 14.3. The number of fused-ring (bicyclic) bond motifs is 1. The van der Waals surface area contributed by atoms with E-state index in [9.17, 15) is 13.2 Å². The van der Waals surface area contributed by atoms with Crippen LogP contribution in [0.1, 0.15) is 41.6 Å². The van der Waals surface area contributed by atoms with Crippen molar-refractivity contribution in [2.45, 2.75) is 37.6 Å². The SMILES string of the molecule is CCC(=O)N1CCc2cc(S(=O)(=O)N[C@@H](c3ccccc3)c3ccc(C)cc3)ccc21. The number of anilines is 1. The van der Waals surface area contributed by atoms with Crippen LogP contribution in [0, 0.1) is 6.92 Å². The zero-order valence-electron chi connectivity index (χ0n) is 17.7. The molecule has 1 amide bonds. The summed E-state index contributed by atoms with van der Waals surface area (Å²) >= 11 is 0. The molecule has 1 aliphatic heterocycles. The topological polar surface area (TPSA) is 66.5 Å². The molecule has 5 nitrogen and oxygen atoms in total. The summed E-state index contributed by atoms with van der Waals surface area (Å²) in [6.07, 6.45) is 1.08. The first-order valence-electron chi connectivity index (χ1n) is 10.5. The Morgan fingerprint density at radius 3 is 2.35 bits per heavy atom. The molecule has 0 saturated carbocycles. The van der Waals surface area contributed by atoms with Crippen LogP contribution in [0.5, 0.6) is 0 Å². The summed E-state index contributed by atoms with van der Waals surface area (Å²) in [5.41, 5.74) is 4.56. The van der Waals surface area contributed by atoms with Gasteiger partial charge in [-0.15, -0.1) is 0 Å². The van der Waals surface area contributed by atoms with Crippen molar-refractivity contribution in [1.82, 2.24) is 4.72 Å². The van der Waals surface area contributed by atoms with Gasteiger partial charge < -0.3 is 4.90 Å². The number of aryl methyl sites for hydroxylation is 1. The lowest BCUT2D eigenvalue weighted by atomic mass is 9.99. The summed E-state index contributed by atoms with van der Waals surface area (Å²) in [5, 5.41) is 0. The Morgan fingerprint density at radius 2 is 1.68 bits per heavy atom. The lowest BCUT2D eigenvalue weighted by Crippen LogP contribution is -2.29. The molecule has 1 aliphatic rings. The lowest BCUT2D eigenvalue weighted by Gasteiger charge is -2.21. The smallest absolute Gasteiger partial charge is 0.241 e. The Kier molecular flexibility index (Phi) is 5.94. The zero-order chi connectivity index (χ0) is 22.0. The molecule has 3 aromatic carbocycles. The van der Waals surface area contributed by atoms with Crippen LogP contribution in [0.15, 0.2) is 77.7 Å². The largest absolute Gasteiger partial charge is 0.312 e. The fourth-order valence-corrected chi connectivity index (χ4v) is 5.21. The molecule has 31 heavy (non-hydrogen) atoms. The fraction of sp³-hybridized carbons (Fsp3) is 0.240. The standard InChI is InChI=1S/C25H26N2O3S/c1-3-24(28)27-16-15-21-17-22(13-14-23(21)27)31(29,30)26-25(19-7-5-4-6-8-19)20-11-9-18(2)10-12-20/h4-14,17,25-26H,3,15-16H2,1-2H3/t25-/m0/s1. The second-order valence-electron chi connectivity index (χ2n) is 7.82. The second-order valence-corrected chi connectivity index (χ2v) is 9.53. The predicted octanol–water partition coefficient (Wildman–Crippen LogP) is 4.36. The van der Waals surface area contributed by atoms with Gasteiger partial charge in [0.15, 0.2) is 0 Å². The van der Waals surface area contributed by atoms with Crippen LogP contribution in [-0.2, 0) is 21.2 Å². The highest BCUT2D eigenvalue weighted by Crippen LogP contribution is 2.32. The third-order valence-corrected chi connectivity index (χ3v) is 7.10. The fourth-order valence-electron chi connectivity index (χ4n) is 3.95. The van der Waals surface area contributed by atoms with Gasteiger partial charge in [0, 0.05) is 18.7 Å². The van der Waals surface area contributed by atoms with Gasteiger partial charge in [-0.25, -0.2) is 8.42 Å². The van der Waals surface area contributed by atoms with Crippen LogP contribution in [0.4, 0.5) is 5.69 Å². The number of carbonyl (C=O) groups is 1. The van der Waals surface area contributed by atoms with Crippen LogP contribution >= 0.6 is 0 Å². The summed E-state index contributed by atoms with van der Waals surface area (Å²) in [7, 11) is -3.78. The van der Waals surface area contributed by atoms with E-state index in [2.05, 4.69) is 4.72 Å². The van der Waals surface area contributed by atoms with E-state index in [-0.39, 0.29) is 10.8 Å². The maximum atomic E-state index is 13.3. The highest BCUT2D eigenvalue weighted by atomic mass is 32.2. The van der Waals surface area contributed by atoms with E-state index >= 15 is 0 Å². The molecule has 0 radical (unpaired) electrons. The van der Waals surface area contributed by atoms with Crippen LogP contribution in [0.2, 0.25) is 0 Å². The third-order valence-electron chi connectivity index (χ3n) is 5.68. The number of hydrogen-bond donors (Lipinski definition) is 1. The molecule has 0 spiro atoms. The molecule has 0 unspecified atom stereocenters. The number of rotatable bonds is 6. The molecule has 0 bridgehead atoms. The first kappa shape index (κ1) is 21.3. The molecular weight excluding hydrogens is 408 g/mol. The van der Waals surface area contributed by atoms with E-state index in [1.165, 1.54) is 0 Å². The molecule has 3 aromatic rings. The molecule has 0 aromatic heterocycles. The van der Waals surface area contributed by atoms with Gasteiger partial charge in [-0.05, 0) is 48.2 Å². The number of carbonyl (C=O) groups excluding carboxylic acids is 1. The molecule has 1 atom stereocenters. The number of nitrogens with one attached hydrogen (secondary N) is 1. The number of benzene rings is 3. The third kappa shape index (κ3) is 4.40. The number of sulfonamides is 1. The number of hydrogen-bond acceptors (Lipinski definition) is 3. The number of nitrogens with zero attached hydrogens (tertiary/aromatic N) is 1. The quantitative estimate of drug-likeness (QED) is 0.627. The van der Waals surface area contributed by atoms with Gasteiger partial charge in [-0.3, -0.25) is 4.79 Å². The Morgan fingerprint density at radius 1 is 1.00 bits per heavy atom. The van der Waals surface area contributed by atoms with Crippen molar-refractivity contribution >= 4 is 21.6 Å². The molecule has 4 rings (SSSR count). The van der Waals surface area contributed by atoms with Crippen LogP contribution in [0.25, 0.3) is 0 Å². The lowest BCUT2D eigenvalue weighted by molar-refractivity contribution is -0.118. The van der Waals surface area contributed by atoms with Crippen molar-refractivity contribution < 1.29 is 13.2 Å². The van der Waals surface area contributed by atoms with Gasteiger partial charge >= 0.3 is 0 Å². The van der Waals surface area contributed by atoms with Crippen LogP contribution in [0.3, 0.4) is 0 Å². The second kappa shape index (κ2) is 8.65. The molecular formula is C25H26N2O3S. The monoisotopic (exact) mass is 434 g/mol. The van der Waals surface area contributed by atoms with Crippen molar-refractivity contribution in [2.75, 3.05) is 11.4 Å². The minimum Gasteiger partial charge on any atom is -0.312 e. The maximum Gasteiger partial charge on any atom is 0.241 e. The zero-order valence-corrected chi connectivity index (χ0v) is 18.5. The average molecular weight is 435 g/mol. The van der Waals surface area contributed by atoms with E-state index in [1.54, 1.807) is 23.1 Å². The van der Waals surface area contributed by atoms with Crippen molar-refractivity contribution in [3.05, 3.63) is 95.1 Å². The summed E-state index contributed by atoms with van der Waals surface area (Å²) in [4.78, 5) is 14.1. The maximum absolute atomic E-state index is 13.3.